The highest BCUT2D eigenvalue weighted by Gasteiger charge is 2.34. The zero-order valence-electron chi connectivity index (χ0n) is 20.8. The predicted molar refractivity (Wildman–Crippen MR) is 141 cm³/mol. The van der Waals surface area contributed by atoms with Crippen LogP contribution >= 0.6 is 23.2 Å². The van der Waals surface area contributed by atoms with E-state index < -0.39 is 40.4 Å². The summed E-state index contributed by atoms with van der Waals surface area (Å²) in [5.41, 5.74) is 0.516. The van der Waals surface area contributed by atoms with Gasteiger partial charge in [0, 0.05) is 42.3 Å². The van der Waals surface area contributed by atoms with Gasteiger partial charge in [0.15, 0.2) is 0 Å². The average Bonchev–Trinajstić information content (AvgIpc) is 2.79. The van der Waals surface area contributed by atoms with E-state index in [4.69, 9.17) is 23.2 Å². The summed E-state index contributed by atoms with van der Waals surface area (Å²) in [5, 5.41) is 3.41. The molecule has 0 aliphatic rings. The fourth-order valence-electron chi connectivity index (χ4n) is 3.48. The maximum atomic E-state index is 13.7. The molecule has 1 N–H and O–H groups in total. The van der Waals surface area contributed by atoms with Gasteiger partial charge in [0.25, 0.3) is 0 Å². The third kappa shape index (κ3) is 7.32. The highest BCUT2D eigenvalue weighted by molar-refractivity contribution is 7.90. The minimum absolute atomic E-state index is 0.0915. The number of hydrogen-bond donors (Lipinski definition) is 1. The molecule has 1 unspecified atom stereocenters. The van der Waals surface area contributed by atoms with Crippen molar-refractivity contribution in [2.75, 3.05) is 24.9 Å². The number of benzene rings is 2. The molecule has 0 saturated heterocycles. The predicted octanol–water partition coefficient (Wildman–Crippen LogP) is 4.08. The van der Waals surface area contributed by atoms with Crippen LogP contribution in [-0.2, 0) is 26.3 Å². The Morgan fingerprint density at radius 3 is 2.06 bits per heavy atom. The fourth-order valence-corrected chi connectivity index (χ4v) is 5.05. The molecule has 0 aliphatic carbocycles. The zero-order chi connectivity index (χ0) is 27.2. The van der Waals surface area contributed by atoms with E-state index in [9.17, 15) is 22.4 Å². The van der Waals surface area contributed by atoms with Crippen molar-refractivity contribution in [1.82, 2.24) is 14.5 Å². The molecule has 0 fully saturated rings. The van der Waals surface area contributed by atoms with Crippen LogP contribution in [0.5, 0.6) is 0 Å². The molecule has 0 heterocycles. The molecule has 2 amide bonds. The number of carbonyl (C=O) groups is 2. The van der Waals surface area contributed by atoms with Gasteiger partial charge in [-0.2, -0.15) is 12.7 Å². The van der Waals surface area contributed by atoms with Crippen molar-refractivity contribution in [3.05, 3.63) is 63.9 Å². The van der Waals surface area contributed by atoms with Crippen molar-refractivity contribution in [2.24, 2.45) is 0 Å². The van der Waals surface area contributed by atoms with Gasteiger partial charge < -0.3 is 10.2 Å². The lowest BCUT2D eigenvalue weighted by Gasteiger charge is -2.34. The third-order valence-corrected chi connectivity index (χ3v) is 7.87. The van der Waals surface area contributed by atoms with Crippen molar-refractivity contribution in [3.8, 4) is 0 Å². The van der Waals surface area contributed by atoms with Gasteiger partial charge in [0.05, 0.1) is 5.69 Å². The third-order valence-electron chi connectivity index (χ3n) is 5.34. The molecule has 12 heteroatoms. The molecule has 0 radical (unpaired) electrons. The molecule has 0 aliphatic heterocycles. The second-order valence-corrected chi connectivity index (χ2v) is 11.5. The Hall–Kier alpha value is -2.40. The van der Waals surface area contributed by atoms with E-state index in [2.05, 4.69) is 5.32 Å². The van der Waals surface area contributed by atoms with Gasteiger partial charge in [0.2, 0.25) is 11.8 Å². The smallest absolute Gasteiger partial charge is 0.304 e. The summed E-state index contributed by atoms with van der Waals surface area (Å²) in [4.78, 5) is 28.0. The van der Waals surface area contributed by atoms with Gasteiger partial charge in [-0.3, -0.25) is 9.59 Å². The number of carbonyl (C=O) groups excluding carboxylic acids is 2. The molecular formula is C24H31Cl2FN4O4S. The first-order valence-electron chi connectivity index (χ1n) is 11.3. The van der Waals surface area contributed by atoms with Gasteiger partial charge in [-0.25, -0.2) is 8.70 Å². The number of nitrogens with zero attached hydrogens (tertiary/aromatic N) is 3. The molecule has 36 heavy (non-hydrogen) atoms. The largest absolute Gasteiger partial charge is 0.352 e. The van der Waals surface area contributed by atoms with E-state index in [0.29, 0.717) is 15.6 Å². The van der Waals surface area contributed by atoms with Gasteiger partial charge in [-0.1, -0.05) is 36.2 Å². The van der Waals surface area contributed by atoms with E-state index in [1.807, 2.05) is 0 Å². The van der Waals surface area contributed by atoms with E-state index in [1.165, 1.54) is 31.1 Å². The van der Waals surface area contributed by atoms with E-state index in [-0.39, 0.29) is 24.7 Å². The van der Waals surface area contributed by atoms with E-state index in [1.54, 1.807) is 39.0 Å². The van der Waals surface area contributed by atoms with Gasteiger partial charge in [-0.05, 0) is 56.7 Å². The Morgan fingerprint density at radius 1 is 1.03 bits per heavy atom. The maximum absolute atomic E-state index is 13.7. The van der Waals surface area contributed by atoms with Crippen LogP contribution in [0, 0.1) is 5.82 Å². The molecule has 2 aromatic rings. The first-order chi connectivity index (χ1) is 16.8. The first-order valence-corrected chi connectivity index (χ1v) is 13.4. The SMILES string of the molecule is CCC(C(=O)NC(C)C)N(Cc1c(Cl)cccc1Cl)C(=O)CN(c1ccc(F)cc1)S(=O)(=O)N(C)C. The zero-order valence-corrected chi connectivity index (χ0v) is 23.2. The summed E-state index contributed by atoms with van der Waals surface area (Å²) in [6, 6.07) is 8.51. The van der Waals surface area contributed by atoms with Crippen LogP contribution in [0.25, 0.3) is 0 Å². The molecule has 0 spiro atoms. The van der Waals surface area contributed by atoms with Crippen LogP contribution in [0.1, 0.15) is 32.8 Å². The van der Waals surface area contributed by atoms with Crippen LogP contribution in [-0.4, -0.2) is 62.2 Å². The Labute approximate surface area is 222 Å². The fraction of sp³-hybridized carbons (Fsp3) is 0.417. The number of anilines is 1. The van der Waals surface area contributed by atoms with Crippen molar-refractivity contribution >= 4 is 50.9 Å². The Kier molecular flexibility index (Phi) is 10.5. The van der Waals surface area contributed by atoms with Gasteiger partial charge in [0.1, 0.15) is 18.4 Å². The van der Waals surface area contributed by atoms with Crippen LogP contribution in [0.3, 0.4) is 0 Å². The van der Waals surface area contributed by atoms with Gasteiger partial charge >= 0.3 is 10.2 Å². The van der Waals surface area contributed by atoms with Gasteiger partial charge in [-0.15, -0.1) is 0 Å². The lowest BCUT2D eigenvalue weighted by atomic mass is 10.1. The van der Waals surface area contributed by atoms with Crippen molar-refractivity contribution in [2.45, 2.75) is 45.8 Å². The highest BCUT2D eigenvalue weighted by atomic mass is 35.5. The lowest BCUT2D eigenvalue weighted by Crippen LogP contribution is -2.54. The molecule has 198 valence electrons. The Bertz CT molecular complexity index is 1160. The summed E-state index contributed by atoms with van der Waals surface area (Å²) in [6.45, 7) is 4.57. The molecule has 1 atom stereocenters. The molecule has 0 saturated carbocycles. The normalized spacial score (nSPS) is 12.5. The standard InChI is InChI=1S/C24H31Cl2FN4O4S/c1-6-22(24(33)28-16(2)3)30(14-19-20(25)8-7-9-21(19)26)23(32)15-31(36(34,35)29(4)5)18-12-10-17(27)11-13-18/h7-13,16,22H,6,14-15H2,1-5H3,(H,28,33). The van der Waals surface area contributed by atoms with E-state index in [0.717, 1.165) is 20.7 Å². The molecule has 8 nitrogen and oxygen atoms in total. The monoisotopic (exact) mass is 560 g/mol. The number of rotatable bonds is 11. The molecule has 2 aromatic carbocycles. The summed E-state index contributed by atoms with van der Waals surface area (Å²) in [7, 11) is -1.51. The second-order valence-electron chi connectivity index (χ2n) is 8.58. The Balaban J connectivity index is 2.56. The van der Waals surface area contributed by atoms with Crippen LogP contribution in [0.4, 0.5) is 10.1 Å². The van der Waals surface area contributed by atoms with Crippen molar-refractivity contribution in [3.63, 3.8) is 0 Å². The van der Waals surface area contributed by atoms with E-state index >= 15 is 0 Å². The number of amides is 2. The molecule has 0 aromatic heterocycles. The minimum atomic E-state index is -4.15. The summed E-state index contributed by atoms with van der Waals surface area (Å²) in [5.74, 6) is -1.61. The minimum Gasteiger partial charge on any atom is -0.352 e. The number of hydrogen-bond acceptors (Lipinski definition) is 4. The summed E-state index contributed by atoms with van der Waals surface area (Å²) >= 11 is 12.7. The summed E-state index contributed by atoms with van der Waals surface area (Å²) < 4.78 is 41.6. The lowest BCUT2D eigenvalue weighted by molar-refractivity contribution is -0.140. The second kappa shape index (κ2) is 12.7. The number of nitrogens with one attached hydrogen (secondary N) is 1. The van der Waals surface area contributed by atoms with Crippen LogP contribution < -0.4 is 9.62 Å². The first kappa shape index (κ1) is 29.8. The maximum Gasteiger partial charge on any atom is 0.304 e. The topological polar surface area (TPSA) is 90.0 Å². The quantitative estimate of drug-likeness (QED) is 0.448. The molecule has 0 bridgehead atoms. The highest BCUT2D eigenvalue weighted by Crippen LogP contribution is 2.28. The van der Waals surface area contributed by atoms with Crippen molar-refractivity contribution < 1.29 is 22.4 Å². The summed E-state index contributed by atoms with van der Waals surface area (Å²) in [6.07, 6.45) is 0.253. The number of halogens is 3. The van der Waals surface area contributed by atoms with Crippen LogP contribution in [0.15, 0.2) is 42.5 Å². The van der Waals surface area contributed by atoms with Crippen molar-refractivity contribution in [1.29, 1.82) is 0 Å². The van der Waals surface area contributed by atoms with Crippen LogP contribution in [0.2, 0.25) is 10.0 Å². The average molecular weight is 562 g/mol. The molecule has 2 rings (SSSR count). The molecular weight excluding hydrogens is 530 g/mol. The Morgan fingerprint density at radius 2 is 1.58 bits per heavy atom.